The number of halogens is 2. The van der Waals surface area contributed by atoms with Crippen molar-refractivity contribution in [3.63, 3.8) is 0 Å². The maximum absolute atomic E-state index is 13.5. The van der Waals surface area contributed by atoms with Gasteiger partial charge in [-0.15, -0.1) is 0 Å². The molecule has 1 atom stereocenters. The molecule has 3 heterocycles. The molecule has 8 heteroatoms. The van der Waals surface area contributed by atoms with Gasteiger partial charge in [0.2, 0.25) is 0 Å². The average Bonchev–Trinajstić information content (AvgIpc) is 2.65. The Morgan fingerprint density at radius 3 is 3.00 bits per heavy atom. The van der Waals surface area contributed by atoms with Crippen molar-refractivity contribution in [2.45, 2.75) is 18.4 Å². The number of hydrogen-bond donors (Lipinski definition) is 2. The molecule has 0 amide bonds. The van der Waals surface area contributed by atoms with Crippen LogP contribution >= 0.6 is 0 Å². The van der Waals surface area contributed by atoms with Gasteiger partial charge in [0.1, 0.15) is 5.69 Å². The molecule has 0 unspecified atom stereocenters. The van der Waals surface area contributed by atoms with Crippen LogP contribution in [0.3, 0.4) is 0 Å². The molecular formula is C11H10F2N4O2. The Morgan fingerprint density at radius 2 is 2.32 bits per heavy atom. The Balaban J connectivity index is 2.11. The van der Waals surface area contributed by atoms with Crippen LogP contribution in [0.1, 0.15) is 28.5 Å². The summed E-state index contributed by atoms with van der Waals surface area (Å²) in [5.74, 6) is -4.06. The largest absolute Gasteiger partial charge is 0.477 e. The topological polar surface area (TPSA) is 91.8 Å². The van der Waals surface area contributed by atoms with E-state index in [1.54, 1.807) is 0 Å². The van der Waals surface area contributed by atoms with Gasteiger partial charge in [0.25, 0.3) is 5.92 Å². The van der Waals surface area contributed by atoms with Crippen LogP contribution in [0.4, 0.5) is 14.5 Å². The van der Waals surface area contributed by atoms with Crippen molar-refractivity contribution < 1.29 is 18.7 Å². The van der Waals surface area contributed by atoms with Crippen LogP contribution in [0.2, 0.25) is 0 Å². The summed E-state index contributed by atoms with van der Waals surface area (Å²) >= 11 is 0. The SMILES string of the molecule is NC1=Nc2cnc(C(=O)O)cc2[C@H]2CC(F)(F)CN12. The van der Waals surface area contributed by atoms with Gasteiger partial charge < -0.3 is 15.7 Å². The zero-order valence-corrected chi connectivity index (χ0v) is 9.68. The number of carboxylic acids is 1. The molecule has 0 saturated carbocycles. The van der Waals surface area contributed by atoms with Crippen LogP contribution < -0.4 is 5.73 Å². The average molecular weight is 268 g/mol. The van der Waals surface area contributed by atoms with E-state index in [0.717, 1.165) is 0 Å². The monoisotopic (exact) mass is 268 g/mol. The van der Waals surface area contributed by atoms with Gasteiger partial charge in [-0.25, -0.2) is 23.6 Å². The van der Waals surface area contributed by atoms with Gasteiger partial charge in [-0.3, -0.25) is 0 Å². The number of alkyl halides is 2. The van der Waals surface area contributed by atoms with Crippen molar-refractivity contribution in [2.75, 3.05) is 6.54 Å². The normalized spacial score (nSPS) is 23.6. The second-order valence-electron chi connectivity index (χ2n) is 4.61. The molecule has 1 aromatic heterocycles. The van der Waals surface area contributed by atoms with Crippen LogP contribution in [0.5, 0.6) is 0 Å². The summed E-state index contributed by atoms with van der Waals surface area (Å²) in [6.45, 7) is -0.503. The molecule has 3 N–H and O–H groups in total. The molecule has 0 bridgehead atoms. The van der Waals surface area contributed by atoms with Crippen molar-refractivity contribution in [3.8, 4) is 0 Å². The third-order valence-corrected chi connectivity index (χ3v) is 3.29. The van der Waals surface area contributed by atoms with Crippen LogP contribution in [-0.4, -0.2) is 39.4 Å². The summed E-state index contributed by atoms with van der Waals surface area (Å²) < 4.78 is 27.0. The summed E-state index contributed by atoms with van der Waals surface area (Å²) in [6, 6.07) is 0.635. The van der Waals surface area contributed by atoms with Gasteiger partial charge in [0.15, 0.2) is 5.96 Å². The number of carbonyl (C=O) groups is 1. The number of rotatable bonds is 1. The van der Waals surface area contributed by atoms with E-state index in [-0.39, 0.29) is 11.7 Å². The highest BCUT2D eigenvalue weighted by Gasteiger charge is 2.48. The number of aromatic nitrogens is 1. The number of hydrogen-bond acceptors (Lipinski definition) is 5. The summed E-state index contributed by atoms with van der Waals surface area (Å²) in [5.41, 5.74) is 6.24. The molecule has 2 aliphatic heterocycles. The summed E-state index contributed by atoms with van der Waals surface area (Å²) in [7, 11) is 0. The zero-order valence-electron chi connectivity index (χ0n) is 9.68. The fourth-order valence-electron chi connectivity index (χ4n) is 2.46. The first kappa shape index (κ1) is 11.8. The fourth-order valence-corrected chi connectivity index (χ4v) is 2.46. The predicted molar refractivity (Wildman–Crippen MR) is 61.5 cm³/mol. The lowest BCUT2D eigenvalue weighted by Crippen LogP contribution is -2.40. The molecule has 2 aliphatic rings. The quantitative estimate of drug-likeness (QED) is 0.796. The third kappa shape index (κ3) is 1.79. The van der Waals surface area contributed by atoms with Crippen molar-refractivity contribution in [1.82, 2.24) is 9.88 Å². The van der Waals surface area contributed by atoms with E-state index in [4.69, 9.17) is 10.8 Å². The van der Waals surface area contributed by atoms with Crippen LogP contribution in [0, 0.1) is 0 Å². The minimum Gasteiger partial charge on any atom is -0.477 e. The second-order valence-corrected chi connectivity index (χ2v) is 4.61. The number of aromatic carboxylic acids is 1. The molecule has 3 rings (SSSR count). The van der Waals surface area contributed by atoms with Gasteiger partial charge in [0, 0.05) is 12.0 Å². The first-order valence-electron chi connectivity index (χ1n) is 5.59. The second kappa shape index (κ2) is 3.62. The van der Waals surface area contributed by atoms with Gasteiger partial charge in [0.05, 0.1) is 24.5 Å². The lowest BCUT2D eigenvalue weighted by atomic mass is 10.0. The molecule has 1 fully saturated rings. The van der Waals surface area contributed by atoms with Crippen molar-refractivity contribution in [3.05, 3.63) is 23.5 Å². The number of aliphatic imine (C=N–C) groups is 1. The summed E-state index contributed by atoms with van der Waals surface area (Å²) in [6.07, 6.45) is 0.846. The third-order valence-electron chi connectivity index (χ3n) is 3.29. The molecule has 0 radical (unpaired) electrons. The van der Waals surface area contributed by atoms with Crippen LogP contribution in [-0.2, 0) is 0 Å². The number of nitrogens with zero attached hydrogens (tertiary/aromatic N) is 3. The van der Waals surface area contributed by atoms with Crippen LogP contribution in [0.25, 0.3) is 0 Å². The van der Waals surface area contributed by atoms with Crippen molar-refractivity contribution >= 4 is 17.6 Å². The molecule has 0 aromatic carbocycles. The smallest absolute Gasteiger partial charge is 0.354 e. The number of guanidine groups is 1. The van der Waals surface area contributed by atoms with Gasteiger partial charge in [-0.05, 0) is 6.07 Å². The summed E-state index contributed by atoms with van der Waals surface area (Å²) in [4.78, 5) is 19.9. The standard InChI is InChI=1S/C11H10F2N4O2/c12-11(13)2-8-5-1-6(9(18)19)15-3-7(5)16-10(14)17(8)4-11/h1,3,8H,2,4H2,(H2,14,16)(H,18,19)/t8-/m1/s1. The van der Waals surface area contributed by atoms with E-state index in [9.17, 15) is 13.6 Å². The molecule has 1 saturated heterocycles. The zero-order chi connectivity index (χ0) is 13.8. The lowest BCUT2D eigenvalue weighted by Gasteiger charge is -2.29. The van der Waals surface area contributed by atoms with Crippen molar-refractivity contribution in [1.29, 1.82) is 0 Å². The number of pyridine rings is 1. The van der Waals surface area contributed by atoms with E-state index < -0.39 is 30.9 Å². The minimum atomic E-state index is -2.86. The Labute approximate surface area is 106 Å². The molecule has 100 valence electrons. The van der Waals surface area contributed by atoms with E-state index in [1.165, 1.54) is 17.2 Å². The lowest BCUT2D eigenvalue weighted by molar-refractivity contribution is 0.0164. The minimum absolute atomic E-state index is 0.0135. The highest BCUT2D eigenvalue weighted by atomic mass is 19.3. The van der Waals surface area contributed by atoms with Crippen LogP contribution in [0.15, 0.2) is 17.3 Å². The van der Waals surface area contributed by atoms with Gasteiger partial charge in [-0.2, -0.15) is 0 Å². The van der Waals surface area contributed by atoms with E-state index in [1.807, 2.05) is 0 Å². The van der Waals surface area contributed by atoms with E-state index in [2.05, 4.69) is 9.98 Å². The first-order valence-corrected chi connectivity index (χ1v) is 5.59. The molecular weight excluding hydrogens is 258 g/mol. The van der Waals surface area contributed by atoms with Crippen molar-refractivity contribution in [2.24, 2.45) is 10.7 Å². The maximum atomic E-state index is 13.5. The fraction of sp³-hybridized carbons (Fsp3) is 0.364. The maximum Gasteiger partial charge on any atom is 0.354 e. The Kier molecular flexibility index (Phi) is 2.25. The van der Waals surface area contributed by atoms with E-state index >= 15 is 0 Å². The molecule has 6 nitrogen and oxygen atoms in total. The van der Waals surface area contributed by atoms with Gasteiger partial charge in [-0.1, -0.05) is 0 Å². The Morgan fingerprint density at radius 1 is 1.58 bits per heavy atom. The van der Waals surface area contributed by atoms with E-state index in [0.29, 0.717) is 11.3 Å². The predicted octanol–water partition coefficient (Wildman–Crippen LogP) is 1.12. The molecule has 1 aromatic rings. The Hall–Kier alpha value is -2.25. The highest BCUT2D eigenvalue weighted by Crippen LogP contribution is 2.45. The molecule has 19 heavy (non-hydrogen) atoms. The molecule has 0 aliphatic carbocycles. The number of nitrogens with two attached hydrogens (primary N) is 1. The van der Waals surface area contributed by atoms with Gasteiger partial charge >= 0.3 is 5.97 Å². The number of carboxylic acid groups (broad SMARTS) is 1. The first-order chi connectivity index (χ1) is 8.87. The molecule has 0 spiro atoms. The Bertz CT molecular complexity index is 602. The number of fused-ring (bicyclic) bond motifs is 3. The highest BCUT2D eigenvalue weighted by molar-refractivity contribution is 5.88. The summed E-state index contributed by atoms with van der Waals surface area (Å²) in [5, 5.41) is 8.90.